The van der Waals surface area contributed by atoms with Crippen molar-refractivity contribution in [2.45, 2.75) is 25.2 Å². The summed E-state index contributed by atoms with van der Waals surface area (Å²) in [6.45, 7) is 1.32. The molecule has 1 fully saturated rings. The number of rotatable bonds is 5. The predicted octanol–water partition coefficient (Wildman–Crippen LogP) is 2.59. The summed E-state index contributed by atoms with van der Waals surface area (Å²) in [4.78, 5) is 39.7. The number of pyridine rings is 1. The van der Waals surface area contributed by atoms with Crippen LogP contribution in [-0.2, 0) is 11.2 Å². The predicted molar refractivity (Wildman–Crippen MR) is 112 cm³/mol. The first kappa shape index (κ1) is 19.7. The molecule has 7 heteroatoms. The van der Waals surface area contributed by atoms with Crippen molar-refractivity contribution in [3.05, 3.63) is 78.0 Å². The molecule has 2 N–H and O–H groups in total. The van der Waals surface area contributed by atoms with Gasteiger partial charge in [0.05, 0.1) is 17.8 Å². The first-order chi connectivity index (χ1) is 14.6. The molecule has 0 bridgehead atoms. The fourth-order valence-electron chi connectivity index (χ4n) is 3.89. The number of nitrogens with two attached hydrogens (primary N) is 1. The Kier molecular flexibility index (Phi) is 5.79. The molecule has 0 saturated carbocycles. The molecule has 1 aliphatic heterocycles. The number of amides is 2. The Balaban J connectivity index is 1.56. The number of hydrogen-bond donors (Lipinski definition) is 1. The second-order valence-electron chi connectivity index (χ2n) is 7.41. The summed E-state index contributed by atoms with van der Waals surface area (Å²) in [5.41, 5.74) is 9.00. The molecule has 3 heterocycles. The van der Waals surface area contributed by atoms with E-state index in [2.05, 4.69) is 15.0 Å². The summed E-state index contributed by atoms with van der Waals surface area (Å²) in [5.74, 6) is -0.335. The van der Waals surface area contributed by atoms with E-state index in [1.165, 1.54) is 0 Å². The molecule has 0 spiro atoms. The van der Waals surface area contributed by atoms with Crippen molar-refractivity contribution in [2.24, 2.45) is 5.73 Å². The van der Waals surface area contributed by atoms with Gasteiger partial charge < -0.3 is 10.6 Å². The molecular formula is C23H23N5O2. The van der Waals surface area contributed by atoms with E-state index in [1.807, 2.05) is 29.2 Å². The van der Waals surface area contributed by atoms with Crippen LogP contribution in [0.2, 0.25) is 0 Å². The van der Waals surface area contributed by atoms with Crippen LogP contribution in [0.4, 0.5) is 0 Å². The van der Waals surface area contributed by atoms with Gasteiger partial charge in [-0.2, -0.15) is 0 Å². The minimum Gasteiger partial charge on any atom is -0.366 e. The molecular weight excluding hydrogens is 378 g/mol. The van der Waals surface area contributed by atoms with Crippen LogP contribution < -0.4 is 5.73 Å². The lowest BCUT2D eigenvalue weighted by molar-refractivity contribution is -0.131. The van der Waals surface area contributed by atoms with Gasteiger partial charge in [-0.05, 0) is 37.1 Å². The third kappa shape index (κ3) is 4.35. The van der Waals surface area contributed by atoms with Crippen molar-refractivity contribution in [2.75, 3.05) is 13.1 Å². The second-order valence-corrected chi connectivity index (χ2v) is 7.41. The SMILES string of the molecule is NC(=O)c1cccc(-c2nccnc2[C@@H]2CCCN(C(=O)Cc3ccccn3)C2)c1. The monoisotopic (exact) mass is 401 g/mol. The lowest BCUT2D eigenvalue weighted by atomic mass is 9.91. The molecule has 1 saturated heterocycles. The number of likely N-dealkylation sites (tertiary alicyclic amines) is 1. The van der Waals surface area contributed by atoms with Gasteiger partial charge in [-0.1, -0.05) is 18.2 Å². The van der Waals surface area contributed by atoms with E-state index in [-0.39, 0.29) is 11.8 Å². The van der Waals surface area contributed by atoms with E-state index in [0.717, 1.165) is 42.0 Å². The zero-order chi connectivity index (χ0) is 20.9. The fourth-order valence-corrected chi connectivity index (χ4v) is 3.89. The Morgan fingerprint density at radius 1 is 1.03 bits per heavy atom. The normalized spacial score (nSPS) is 16.3. The Morgan fingerprint density at radius 3 is 2.70 bits per heavy atom. The molecule has 4 rings (SSSR count). The first-order valence-electron chi connectivity index (χ1n) is 10.0. The lowest BCUT2D eigenvalue weighted by Crippen LogP contribution is -2.40. The summed E-state index contributed by atoms with van der Waals surface area (Å²) in [5, 5.41) is 0. The Morgan fingerprint density at radius 2 is 1.90 bits per heavy atom. The molecule has 3 aromatic rings. The third-order valence-electron chi connectivity index (χ3n) is 5.37. The van der Waals surface area contributed by atoms with Crippen LogP contribution in [0.1, 0.15) is 40.5 Å². The van der Waals surface area contributed by atoms with Crippen molar-refractivity contribution in [3.8, 4) is 11.3 Å². The quantitative estimate of drug-likeness (QED) is 0.708. The summed E-state index contributed by atoms with van der Waals surface area (Å²) < 4.78 is 0. The molecule has 7 nitrogen and oxygen atoms in total. The lowest BCUT2D eigenvalue weighted by Gasteiger charge is -2.33. The van der Waals surface area contributed by atoms with Crippen LogP contribution in [0.5, 0.6) is 0 Å². The van der Waals surface area contributed by atoms with Gasteiger partial charge in [0.1, 0.15) is 0 Å². The third-order valence-corrected chi connectivity index (χ3v) is 5.37. The molecule has 1 atom stereocenters. The molecule has 152 valence electrons. The van der Waals surface area contributed by atoms with Gasteiger partial charge in [-0.3, -0.25) is 24.5 Å². The van der Waals surface area contributed by atoms with E-state index in [4.69, 9.17) is 5.73 Å². The van der Waals surface area contributed by atoms with E-state index in [9.17, 15) is 9.59 Å². The minimum atomic E-state index is -0.480. The van der Waals surface area contributed by atoms with E-state index in [1.54, 1.807) is 36.8 Å². The Bertz CT molecular complexity index is 1050. The van der Waals surface area contributed by atoms with E-state index in [0.29, 0.717) is 18.5 Å². The van der Waals surface area contributed by atoms with E-state index < -0.39 is 5.91 Å². The second kappa shape index (κ2) is 8.82. The number of piperidine rings is 1. The highest BCUT2D eigenvalue weighted by Crippen LogP contribution is 2.32. The van der Waals surface area contributed by atoms with Crippen LogP contribution in [0.25, 0.3) is 11.3 Å². The average molecular weight is 401 g/mol. The van der Waals surface area contributed by atoms with Gasteiger partial charge in [0, 0.05) is 54.4 Å². The van der Waals surface area contributed by atoms with Crippen molar-refractivity contribution in [1.29, 1.82) is 0 Å². The van der Waals surface area contributed by atoms with Crippen LogP contribution in [0, 0.1) is 0 Å². The van der Waals surface area contributed by atoms with Gasteiger partial charge in [0.25, 0.3) is 0 Å². The molecule has 1 aliphatic rings. The molecule has 0 aliphatic carbocycles. The summed E-state index contributed by atoms with van der Waals surface area (Å²) >= 11 is 0. The van der Waals surface area contributed by atoms with Crippen LogP contribution in [0.3, 0.4) is 0 Å². The zero-order valence-electron chi connectivity index (χ0n) is 16.6. The first-order valence-corrected chi connectivity index (χ1v) is 10.0. The zero-order valence-corrected chi connectivity index (χ0v) is 16.6. The minimum absolute atomic E-state index is 0.0690. The molecule has 30 heavy (non-hydrogen) atoms. The van der Waals surface area contributed by atoms with Crippen LogP contribution >= 0.6 is 0 Å². The maximum absolute atomic E-state index is 12.8. The highest BCUT2D eigenvalue weighted by molar-refractivity contribution is 5.94. The smallest absolute Gasteiger partial charge is 0.248 e. The highest BCUT2D eigenvalue weighted by atomic mass is 16.2. The maximum atomic E-state index is 12.8. The average Bonchev–Trinajstić information content (AvgIpc) is 2.80. The van der Waals surface area contributed by atoms with Gasteiger partial charge in [-0.25, -0.2) is 0 Å². The molecule has 0 unspecified atom stereocenters. The van der Waals surface area contributed by atoms with Crippen molar-refractivity contribution < 1.29 is 9.59 Å². The fraction of sp³-hybridized carbons (Fsp3) is 0.261. The van der Waals surface area contributed by atoms with Crippen molar-refractivity contribution in [3.63, 3.8) is 0 Å². The summed E-state index contributed by atoms with van der Waals surface area (Å²) in [6.07, 6.45) is 7.13. The van der Waals surface area contributed by atoms with Gasteiger partial charge in [-0.15, -0.1) is 0 Å². The van der Waals surface area contributed by atoms with Gasteiger partial charge in [0.2, 0.25) is 11.8 Å². The summed E-state index contributed by atoms with van der Waals surface area (Å²) in [7, 11) is 0. The van der Waals surface area contributed by atoms with Crippen LogP contribution in [-0.4, -0.2) is 44.8 Å². The molecule has 2 amide bonds. The maximum Gasteiger partial charge on any atom is 0.248 e. The number of hydrogen-bond acceptors (Lipinski definition) is 5. The van der Waals surface area contributed by atoms with Crippen molar-refractivity contribution >= 4 is 11.8 Å². The Labute approximate surface area is 175 Å². The summed E-state index contributed by atoms with van der Waals surface area (Å²) in [6, 6.07) is 12.7. The number of nitrogens with zero attached hydrogens (tertiary/aromatic N) is 4. The molecule has 1 aromatic carbocycles. The Hall–Kier alpha value is -3.61. The molecule has 0 radical (unpaired) electrons. The number of carbonyl (C=O) groups is 2. The molecule has 2 aromatic heterocycles. The largest absolute Gasteiger partial charge is 0.366 e. The van der Waals surface area contributed by atoms with Crippen LogP contribution in [0.15, 0.2) is 61.1 Å². The van der Waals surface area contributed by atoms with Gasteiger partial charge in [0.15, 0.2) is 0 Å². The topological polar surface area (TPSA) is 102 Å². The highest BCUT2D eigenvalue weighted by Gasteiger charge is 2.28. The number of primary amides is 1. The van der Waals surface area contributed by atoms with E-state index >= 15 is 0 Å². The number of carbonyl (C=O) groups excluding carboxylic acids is 2. The number of aromatic nitrogens is 3. The standard InChI is InChI=1S/C23H23N5O2/c24-23(30)17-6-3-5-16(13-17)21-22(27-11-10-26-21)18-7-4-12-28(15-18)20(29)14-19-8-1-2-9-25-19/h1-3,5-6,8-11,13,18H,4,7,12,14-15H2,(H2,24,30)/t18-/m1/s1. The van der Waals surface area contributed by atoms with Crippen molar-refractivity contribution in [1.82, 2.24) is 19.9 Å². The van der Waals surface area contributed by atoms with Gasteiger partial charge >= 0.3 is 0 Å². The number of benzene rings is 1.